The fraction of sp³-hybridized carbons (Fsp3) is 0.647. The molecule has 1 aliphatic heterocycles. The SMILES string of the molecule is CCC[C@H]1CN(CC(N)=O)C[C@@H]1NC(=O)c1csc(C)c1CC.Cl. The molecule has 5 nitrogen and oxygen atoms in total. The molecule has 1 fully saturated rings. The van der Waals surface area contributed by atoms with Gasteiger partial charge in [-0.25, -0.2) is 0 Å². The zero-order valence-electron chi connectivity index (χ0n) is 14.6. The summed E-state index contributed by atoms with van der Waals surface area (Å²) in [7, 11) is 0. The van der Waals surface area contributed by atoms with Crippen molar-refractivity contribution in [3.63, 3.8) is 0 Å². The second-order valence-electron chi connectivity index (χ2n) is 6.33. The van der Waals surface area contributed by atoms with Gasteiger partial charge >= 0.3 is 0 Å². The monoisotopic (exact) mass is 373 g/mol. The first-order valence-electron chi connectivity index (χ1n) is 8.34. The van der Waals surface area contributed by atoms with Crippen LogP contribution in [0.25, 0.3) is 0 Å². The van der Waals surface area contributed by atoms with Crippen molar-refractivity contribution in [2.24, 2.45) is 11.7 Å². The normalized spacial score (nSPS) is 20.6. The van der Waals surface area contributed by atoms with Crippen molar-refractivity contribution in [1.82, 2.24) is 10.2 Å². The van der Waals surface area contributed by atoms with E-state index in [9.17, 15) is 9.59 Å². The molecule has 2 atom stereocenters. The first-order chi connectivity index (χ1) is 11.0. The van der Waals surface area contributed by atoms with Gasteiger partial charge in [0.05, 0.1) is 12.1 Å². The van der Waals surface area contributed by atoms with Gasteiger partial charge in [0, 0.05) is 29.4 Å². The van der Waals surface area contributed by atoms with Gasteiger partial charge in [-0.1, -0.05) is 20.3 Å². The Bertz CT molecular complexity index is 576. The lowest BCUT2D eigenvalue weighted by molar-refractivity contribution is -0.118. The van der Waals surface area contributed by atoms with E-state index >= 15 is 0 Å². The number of carbonyl (C=O) groups excluding carboxylic acids is 2. The molecule has 2 heterocycles. The largest absolute Gasteiger partial charge is 0.369 e. The average molecular weight is 374 g/mol. The van der Waals surface area contributed by atoms with Gasteiger partial charge in [0.1, 0.15) is 0 Å². The van der Waals surface area contributed by atoms with E-state index < -0.39 is 0 Å². The summed E-state index contributed by atoms with van der Waals surface area (Å²) in [6.45, 7) is 8.08. The fourth-order valence-corrected chi connectivity index (χ4v) is 4.43. The molecule has 136 valence electrons. The van der Waals surface area contributed by atoms with E-state index in [4.69, 9.17) is 5.73 Å². The molecular formula is C17H28ClN3O2S. The third-order valence-electron chi connectivity index (χ3n) is 4.57. The highest BCUT2D eigenvalue weighted by Crippen LogP contribution is 2.25. The number of primary amides is 1. The Morgan fingerprint density at radius 2 is 2.08 bits per heavy atom. The Balaban J connectivity index is 0.00000288. The van der Waals surface area contributed by atoms with E-state index in [0.29, 0.717) is 12.5 Å². The maximum atomic E-state index is 12.7. The molecule has 0 saturated carbocycles. The van der Waals surface area contributed by atoms with E-state index in [1.54, 1.807) is 11.3 Å². The van der Waals surface area contributed by atoms with Gasteiger partial charge in [-0.05, 0) is 31.2 Å². The highest BCUT2D eigenvalue weighted by Gasteiger charge is 2.34. The summed E-state index contributed by atoms with van der Waals surface area (Å²) in [5.41, 5.74) is 7.25. The van der Waals surface area contributed by atoms with Crippen molar-refractivity contribution in [2.75, 3.05) is 19.6 Å². The summed E-state index contributed by atoms with van der Waals surface area (Å²) in [6, 6.07) is 0.0895. The topological polar surface area (TPSA) is 75.4 Å². The van der Waals surface area contributed by atoms with Crippen LogP contribution >= 0.6 is 23.7 Å². The summed E-state index contributed by atoms with van der Waals surface area (Å²) in [5, 5.41) is 5.15. The molecule has 2 amide bonds. The van der Waals surface area contributed by atoms with Crippen molar-refractivity contribution in [2.45, 2.75) is 46.1 Å². The summed E-state index contributed by atoms with van der Waals surface area (Å²) < 4.78 is 0. The summed E-state index contributed by atoms with van der Waals surface area (Å²) in [5.74, 6) is 0.0836. The number of hydrogen-bond acceptors (Lipinski definition) is 4. The number of nitrogens with one attached hydrogen (secondary N) is 1. The fourth-order valence-electron chi connectivity index (χ4n) is 3.49. The van der Waals surface area contributed by atoms with Gasteiger partial charge in [-0.3, -0.25) is 14.5 Å². The van der Waals surface area contributed by atoms with Crippen LogP contribution in [0.3, 0.4) is 0 Å². The van der Waals surface area contributed by atoms with E-state index in [1.165, 1.54) is 4.88 Å². The molecule has 0 aromatic carbocycles. The molecule has 0 aliphatic carbocycles. The Labute approximate surface area is 154 Å². The Hall–Kier alpha value is -1.11. The molecule has 0 bridgehead atoms. The summed E-state index contributed by atoms with van der Waals surface area (Å²) >= 11 is 1.63. The van der Waals surface area contributed by atoms with Crippen LogP contribution in [0.5, 0.6) is 0 Å². The maximum Gasteiger partial charge on any atom is 0.252 e. The molecule has 0 radical (unpaired) electrons. The first-order valence-corrected chi connectivity index (χ1v) is 9.22. The number of amides is 2. The lowest BCUT2D eigenvalue weighted by Gasteiger charge is -2.19. The van der Waals surface area contributed by atoms with E-state index in [-0.39, 0.29) is 36.8 Å². The van der Waals surface area contributed by atoms with Crippen LogP contribution < -0.4 is 11.1 Å². The number of halogens is 1. The highest BCUT2D eigenvalue weighted by molar-refractivity contribution is 7.10. The molecule has 24 heavy (non-hydrogen) atoms. The number of nitrogens with two attached hydrogens (primary N) is 1. The number of aryl methyl sites for hydroxylation is 1. The number of thiophene rings is 1. The summed E-state index contributed by atoms with van der Waals surface area (Å²) in [4.78, 5) is 27.1. The van der Waals surface area contributed by atoms with Crippen LogP contribution in [0.2, 0.25) is 0 Å². The lowest BCUT2D eigenvalue weighted by Crippen LogP contribution is -2.41. The van der Waals surface area contributed by atoms with E-state index in [0.717, 1.165) is 36.9 Å². The van der Waals surface area contributed by atoms with E-state index in [2.05, 4.69) is 26.1 Å². The molecule has 0 spiro atoms. The van der Waals surface area contributed by atoms with Crippen molar-refractivity contribution >= 4 is 35.6 Å². The molecule has 1 aromatic heterocycles. The minimum Gasteiger partial charge on any atom is -0.369 e. The number of likely N-dealkylation sites (tertiary alicyclic amines) is 1. The third kappa shape index (κ3) is 4.94. The smallest absolute Gasteiger partial charge is 0.252 e. The third-order valence-corrected chi connectivity index (χ3v) is 5.53. The lowest BCUT2D eigenvalue weighted by atomic mass is 9.97. The van der Waals surface area contributed by atoms with Crippen molar-refractivity contribution < 1.29 is 9.59 Å². The van der Waals surface area contributed by atoms with Crippen molar-refractivity contribution in [1.29, 1.82) is 0 Å². The van der Waals surface area contributed by atoms with Crippen LogP contribution in [0.15, 0.2) is 5.38 Å². The quantitative estimate of drug-likeness (QED) is 0.770. The molecule has 0 unspecified atom stereocenters. The summed E-state index contributed by atoms with van der Waals surface area (Å²) in [6.07, 6.45) is 2.98. The molecule has 1 saturated heterocycles. The van der Waals surface area contributed by atoms with Crippen LogP contribution in [0.1, 0.15) is 47.5 Å². The van der Waals surface area contributed by atoms with Crippen molar-refractivity contribution in [3.8, 4) is 0 Å². The van der Waals surface area contributed by atoms with Gasteiger partial charge in [-0.2, -0.15) is 0 Å². The molecular weight excluding hydrogens is 346 g/mol. The number of rotatable bonds is 7. The molecule has 1 aliphatic rings. The molecule has 7 heteroatoms. The molecule has 1 aromatic rings. The van der Waals surface area contributed by atoms with Crippen LogP contribution in [-0.4, -0.2) is 42.4 Å². The van der Waals surface area contributed by atoms with Gasteiger partial charge in [0.15, 0.2) is 0 Å². The van der Waals surface area contributed by atoms with Gasteiger partial charge < -0.3 is 11.1 Å². The van der Waals surface area contributed by atoms with Crippen molar-refractivity contribution in [3.05, 3.63) is 21.4 Å². The van der Waals surface area contributed by atoms with E-state index in [1.807, 2.05) is 10.3 Å². The minimum absolute atomic E-state index is 0. The first kappa shape index (κ1) is 20.9. The average Bonchev–Trinajstić information content (AvgIpc) is 3.02. The van der Waals surface area contributed by atoms with Gasteiger partial charge in [-0.15, -0.1) is 23.7 Å². The second kappa shape index (κ2) is 9.39. The Kier molecular flexibility index (Phi) is 8.19. The Morgan fingerprint density at radius 1 is 1.38 bits per heavy atom. The van der Waals surface area contributed by atoms with Crippen LogP contribution in [-0.2, 0) is 11.2 Å². The van der Waals surface area contributed by atoms with Gasteiger partial charge in [0.2, 0.25) is 5.91 Å². The Morgan fingerprint density at radius 3 is 2.67 bits per heavy atom. The zero-order chi connectivity index (χ0) is 17.0. The van der Waals surface area contributed by atoms with Crippen LogP contribution in [0.4, 0.5) is 0 Å². The molecule has 3 N–H and O–H groups in total. The number of hydrogen-bond donors (Lipinski definition) is 2. The highest BCUT2D eigenvalue weighted by atomic mass is 35.5. The predicted octanol–water partition coefficient (Wildman–Crippen LogP) is 2.36. The zero-order valence-corrected chi connectivity index (χ0v) is 16.3. The standard InChI is InChI=1S/C17H27N3O2S.ClH/c1-4-6-12-7-20(9-16(18)21)8-15(12)19-17(22)14-10-23-11(3)13(14)5-2;/h10,12,15H,4-9H2,1-3H3,(H2,18,21)(H,19,22);1H/t12-,15-;/m0./s1. The predicted molar refractivity (Wildman–Crippen MR) is 101 cm³/mol. The van der Waals surface area contributed by atoms with Gasteiger partial charge in [0.25, 0.3) is 5.91 Å². The van der Waals surface area contributed by atoms with Crippen LogP contribution in [0, 0.1) is 12.8 Å². The number of carbonyl (C=O) groups is 2. The second-order valence-corrected chi connectivity index (χ2v) is 7.41. The maximum absolute atomic E-state index is 12.7. The number of nitrogens with zero attached hydrogens (tertiary/aromatic N) is 1. The minimum atomic E-state index is -0.311. The molecule has 2 rings (SSSR count).